The zero-order valence-corrected chi connectivity index (χ0v) is 10.5. The molecule has 0 aliphatic heterocycles. The van der Waals surface area contributed by atoms with Crippen molar-refractivity contribution < 1.29 is 27.9 Å². The minimum absolute atomic E-state index is 0.394. The molecule has 0 spiro atoms. The minimum atomic E-state index is -5.08. The van der Waals surface area contributed by atoms with Gasteiger partial charge in [-0.25, -0.2) is 9.78 Å². The number of carboxylic acids is 1. The molecule has 2 rings (SSSR count). The fourth-order valence-electron chi connectivity index (χ4n) is 1.46. The average Bonchev–Trinajstić information content (AvgIpc) is 2.72. The van der Waals surface area contributed by atoms with Gasteiger partial charge >= 0.3 is 12.1 Å². The van der Waals surface area contributed by atoms with Crippen molar-refractivity contribution in [3.8, 4) is 0 Å². The van der Waals surface area contributed by atoms with Gasteiger partial charge in [0, 0.05) is 4.88 Å². The number of aromatic nitrogens is 1. The van der Waals surface area contributed by atoms with Crippen LogP contribution >= 0.6 is 11.3 Å². The van der Waals surface area contributed by atoms with Crippen LogP contribution in [0.25, 0.3) is 0 Å². The lowest BCUT2D eigenvalue weighted by Gasteiger charge is -2.06. The van der Waals surface area contributed by atoms with Gasteiger partial charge in [0.25, 0.3) is 5.91 Å². The standard InChI is InChI=1S/C8H10N2OS.C2HF3O2/c9-7(11)8-10-5-3-1-2-4-6(5)12-8;3-2(4,5)1(6)7/h1-4H2,(H2,9,11);(H,6,7). The summed E-state index contributed by atoms with van der Waals surface area (Å²) in [4.78, 5) is 25.1. The summed E-state index contributed by atoms with van der Waals surface area (Å²) in [5.41, 5.74) is 6.23. The van der Waals surface area contributed by atoms with Gasteiger partial charge in [0.1, 0.15) is 0 Å². The van der Waals surface area contributed by atoms with E-state index in [1.54, 1.807) is 0 Å². The maximum atomic E-state index is 10.8. The summed E-state index contributed by atoms with van der Waals surface area (Å²) in [7, 11) is 0. The molecule has 1 heterocycles. The molecule has 1 aliphatic rings. The van der Waals surface area contributed by atoms with Crippen molar-refractivity contribution in [2.45, 2.75) is 31.9 Å². The number of hydrogen-bond acceptors (Lipinski definition) is 4. The molecule has 3 N–H and O–H groups in total. The quantitative estimate of drug-likeness (QED) is 0.825. The average molecular weight is 296 g/mol. The van der Waals surface area contributed by atoms with Crippen LogP contribution in [0.15, 0.2) is 0 Å². The highest BCUT2D eigenvalue weighted by Gasteiger charge is 2.38. The van der Waals surface area contributed by atoms with Gasteiger partial charge in [0.2, 0.25) is 0 Å². The number of primary amides is 1. The van der Waals surface area contributed by atoms with Crippen LogP contribution in [0.5, 0.6) is 0 Å². The number of carbonyl (C=O) groups is 2. The van der Waals surface area contributed by atoms with Gasteiger partial charge in [-0.15, -0.1) is 11.3 Å². The molecule has 5 nitrogen and oxygen atoms in total. The number of nitrogens with zero attached hydrogens (tertiary/aromatic N) is 1. The second-order valence-electron chi connectivity index (χ2n) is 3.76. The molecule has 0 bridgehead atoms. The molecule has 0 unspecified atom stereocenters. The van der Waals surface area contributed by atoms with Crippen molar-refractivity contribution in [3.63, 3.8) is 0 Å². The van der Waals surface area contributed by atoms with Gasteiger partial charge in [0.05, 0.1) is 5.69 Å². The van der Waals surface area contributed by atoms with Crippen molar-refractivity contribution in [3.05, 3.63) is 15.6 Å². The molecular formula is C10H11F3N2O3S. The molecule has 19 heavy (non-hydrogen) atoms. The first kappa shape index (κ1) is 15.4. The van der Waals surface area contributed by atoms with E-state index < -0.39 is 18.1 Å². The Kier molecular flexibility index (Phi) is 4.87. The minimum Gasteiger partial charge on any atom is -0.475 e. The molecular weight excluding hydrogens is 285 g/mol. The first-order chi connectivity index (χ1) is 8.71. The number of carboxylic acid groups (broad SMARTS) is 1. The molecule has 1 aromatic heterocycles. The number of nitrogens with two attached hydrogens (primary N) is 1. The van der Waals surface area contributed by atoms with Gasteiger partial charge in [-0.1, -0.05) is 0 Å². The molecule has 0 fully saturated rings. The first-order valence-corrected chi connectivity index (χ1v) is 6.12. The number of fused-ring (bicyclic) bond motifs is 1. The summed E-state index contributed by atoms with van der Waals surface area (Å²) in [5.74, 6) is -3.15. The van der Waals surface area contributed by atoms with E-state index in [2.05, 4.69) is 4.98 Å². The van der Waals surface area contributed by atoms with Gasteiger partial charge < -0.3 is 10.8 Å². The molecule has 0 aromatic carbocycles. The maximum Gasteiger partial charge on any atom is 0.490 e. The summed E-state index contributed by atoms with van der Waals surface area (Å²) >= 11 is 1.46. The van der Waals surface area contributed by atoms with E-state index in [0.29, 0.717) is 5.01 Å². The molecule has 1 aliphatic carbocycles. The highest BCUT2D eigenvalue weighted by atomic mass is 32.1. The Balaban J connectivity index is 0.000000224. The Hall–Kier alpha value is -1.64. The predicted molar refractivity (Wildman–Crippen MR) is 61.0 cm³/mol. The Labute approximate surface area is 110 Å². The lowest BCUT2D eigenvalue weighted by atomic mass is 10.0. The fraction of sp³-hybridized carbons (Fsp3) is 0.500. The molecule has 0 atom stereocenters. The predicted octanol–water partition coefficient (Wildman–Crippen LogP) is 1.75. The summed E-state index contributed by atoms with van der Waals surface area (Å²) < 4.78 is 31.7. The number of aryl methyl sites for hydroxylation is 2. The molecule has 1 amide bonds. The summed E-state index contributed by atoms with van der Waals surface area (Å²) in [6.07, 6.45) is -0.596. The van der Waals surface area contributed by atoms with Crippen LogP contribution in [0.2, 0.25) is 0 Å². The third-order valence-corrected chi connectivity index (χ3v) is 3.47. The van der Waals surface area contributed by atoms with Crippen molar-refractivity contribution in [1.29, 1.82) is 0 Å². The summed E-state index contributed by atoms with van der Waals surface area (Å²) in [6.45, 7) is 0. The van der Waals surface area contributed by atoms with Crippen LogP contribution in [0, 0.1) is 0 Å². The highest BCUT2D eigenvalue weighted by molar-refractivity contribution is 7.13. The van der Waals surface area contributed by atoms with Gasteiger partial charge in [-0.3, -0.25) is 4.79 Å². The second kappa shape index (κ2) is 6.00. The molecule has 1 aromatic rings. The highest BCUT2D eigenvalue weighted by Crippen LogP contribution is 2.26. The van der Waals surface area contributed by atoms with E-state index in [1.165, 1.54) is 29.1 Å². The Morgan fingerprint density at radius 1 is 1.26 bits per heavy atom. The number of alkyl halides is 3. The number of hydrogen-bond donors (Lipinski definition) is 2. The van der Waals surface area contributed by atoms with Crippen molar-refractivity contribution >= 4 is 23.2 Å². The van der Waals surface area contributed by atoms with Crippen LogP contribution in [0.3, 0.4) is 0 Å². The van der Waals surface area contributed by atoms with E-state index in [-0.39, 0.29) is 0 Å². The van der Waals surface area contributed by atoms with Crippen molar-refractivity contribution in [1.82, 2.24) is 4.98 Å². The Morgan fingerprint density at radius 3 is 2.21 bits per heavy atom. The zero-order chi connectivity index (χ0) is 14.6. The third-order valence-electron chi connectivity index (χ3n) is 2.30. The molecule has 9 heteroatoms. The largest absolute Gasteiger partial charge is 0.490 e. The summed E-state index contributed by atoms with van der Waals surface area (Å²) in [6, 6.07) is 0. The Morgan fingerprint density at radius 2 is 1.79 bits per heavy atom. The normalized spacial score (nSPS) is 14.1. The van der Waals surface area contributed by atoms with E-state index in [4.69, 9.17) is 15.6 Å². The van der Waals surface area contributed by atoms with Crippen LogP contribution in [-0.2, 0) is 17.6 Å². The van der Waals surface area contributed by atoms with Gasteiger partial charge in [-0.2, -0.15) is 13.2 Å². The number of rotatable bonds is 1. The monoisotopic (exact) mass is 296 g/mol. The van der Waals surface area contributed by atoms with Crippen LogP contribution in [0.1, 0.15) is 33.2 Å². The van der Waals surface area contributed by atoms with Gasteiger partial charge in [0.15, 0.2) is 5.01 Å². The molecule has 0 saturated carbocycles. The van der Waals surface area contributed by atoms with Crippen LogP contribution < -0.4 is 5.73 Å². The van der Waals surface area contributed by atoms with Crippen LogP contribution in [0.4, 0.5) is 13.2 Å². The fourth-order valence-corrected chi connectivity index (χ4v) is 2.46. The third kappa shape index (κ3) is 4.51. The second-order valence-corrected chi connectivity index (χ2v) is 4.85. The van der Waals surface area contributed by atoms with E-state index in [9.17, 15) is 18.0 Å². The smallest absolute Gasteiger partial charge is 0.475 e. The molecule has 0 radical (unpaired) electrons. The lowest BCUT2D eigenvalue weighted by molar-refractivity contribution is -0.192. The maximum absolute atomic E-state index is 10.8. The lowest BCUT2D eigenvalue weighted by Crippen LogP contribution is -2.21. The number of amides is 1. The van der Waals surface area contributed by atoms with E-state index >= 15 is 0 Å². The number of carbonyl (C=O) groups excluding carboxylic acids is 1. The van der Waals surface area contributed by atoms with Crippen LogP contribution in [-0.4, -0.2) is 28.1 Å². The number of thiazole rings is 1. The van der Waals surface area contributed by atoms with E-state index in [1.807, 2.05) is 0 Å². The number of halogens is 3. The SMILES string of the molecule is NC(=O)c1nc2c(s1)CCCC2.O=C(O)C(F)(F)F. The molecule has 0 saturated heterocycles. The zero-order valence-electron chi connectivity index (χ0n) is 9.66. The molecule has 106 valence electrons. The van der Waals surface area contributed by atoms with Crippen molar-refractivity contribution in [2.75, 3.05) is 0 Å². The Bertz CT molecular complexity index is 461. The van der Waals surface area contributed by atoms with E-state index in [0.717, 1.165) is 18.5 Å². The summed E-state index contributed by atoms with van der Waals surface area (Å²) in [5, 5.41) is 7.60. The first-order valence-electron chi connectivity index (χ1n) is 5.30. The topological polar surface area (TPSA) is 93.3 Å². The number of aliphatic carboxylic acids is 1. The van der Waals surface area contributed by atoms with Crippen molar-refractivity contribution in [2.24, 2.45) is 5.73 Å². The van der Waals surface area contributed by atoms with Gasteiger partial charge in [-0.05, 0) is 25.7 Å².